The van der Waals surface area contributed by atoms with Gasteiger partial charge in [0, 0.05) is 18.2 Å². The van der Waals surface area contributed by atoms with Crippen LogP contribution in [0.2, 0.25) is 0 Å². The predicted octanol–water partition coefficient (Wildman–Crippen LogP) is 3.77. The van der Waals surface area contributed by atoms with Gasteiger partial charge in [-0.05, 0) is 77.4 Å². The van der Waals surface area contributed by atoms with Crippen molar-refractivity contribution in [3.8, 4) is 5.75 Å². The number of carbonyl (C=O) groups is 1. The molecule has 4 rings (SSSR count). The van der Waals surface area contributed by atoms with E-state index in [1.54, 1.807) is 31.8 Å². The number of anilines is 2. The molecule has 2 aromatic heterocycles. The van der Waals surface area contributed by atoms with Crippen LogP contribution in [0.4, 0.5) is 11.6 Å². The zero-order chi connectivity index (χ0) is 23.2. The van der Waals surface area contributed by atoms with Gasteiger partial charge in [0.2, 0.25) is 5.95 Å². The minimum absolute atomic E-state index is 0.0977. The number of nitrogens with one attached hydrogen (secondary N) is 2. The molecule has 33 heavy (non-hydrogen) atoms. The SMILES string of the molecule is COc1cc(C(=O)NCCCCN2CCCC2)ccc1Nc1ncc2ncn(C(C)C)c2n1. The highest BCUT2D eigenvalue weighted by Crippen LogP contribution is 2.28. The largest absolute Gasteiger partial charge is 0.495 e. The van der Waals surface area contributed by atoms with Crippen molar-refractivity contribution in [1.29, 1.82) is 0 Å². The Morgan fingerprint density at radius 1 is 1.18 bits per heavy atom. The number of methoxy groups -OCH3 is 1. The highest BCUT2D eigenvalue weighted by molar-refractivity contribution is 5.95. The Morgan fingerprint density at radius 3 is 2.76 bits per heavy atom. The van der Waals surface area contributed by atoms with Crippen molar-refractivity contribution in [2.24, 2.45) is 0 Å². The first-order chi connectivity index (χ1) is 16.0. The van der Waals surface area contributed by atoms with E-state index in [2.05, 4.69) is 44.3 Å². The maximum Gasteiger partial charge on any atom is 0.251 e. The summed E-state index contributed by atoms with van der Waals surface area (Å²) in [6.07, 6.45) is 8.17. The third-order valence-electron chi connectivity index (χ3n) is 5.97. The fraction of sp³-hybridized carbons (Fsp3) is 0.500. The van der Waals surface area contributed by atoms with E-state index in [1.165, 1.54) is 25.9 Å². The summed E-state index contributed by atoms with van der Waals surface area (Å²) in [7, 11) is 1.58. The van der Waals surface area contributed by atoms with E-state index in [0.717, 1.165) is 30.6 Å². The number of ether oxygens (including phenoxy) is 1. The summed E-state index contributed by atoms with van der Waals surface area (Å²) in [6.45, 7) is 8.38. The number of rotatable bonds is 10. The number of unbranched alkanes of at least 4 members (excludes halogenated alkanes) is 1. The molecule has 1 fully saturated rings. The first kappa shape index (κ1) is 23.0. The van der Waals surface area contributed by atoms with E-state index >= 15 is 0 Å². The lowest BCUT2D eigenvalue weighted by molar-refractivity contribution is 0.0952. The topological polar surface area (TPSA) is 97.2 Å². The lowest BCUT2D eigenvalue weighted by Gasteiger charge is -2.14. The molecule has 9 nitrogen and oxygen atoms in total. The van der Waals surface area contributed by atoms with Crippen LogP contribution in [0, 0.1) is 0 Å². The number of hydrogen-bond donors (Lipinski definition) is 2. The Labute approximate surface area is 194 Å². The summed E-state index contributed by atoms with van der Waals surface area (Å²) >= 11 is 0. The summed E-state index contributed by atoms with van der Waals surface area (Å²) in [6, 6.07) is 5.57. The summed E-state index contributed by atoms with van der Waals surface area (Å²) in [5, 5.41) is 6.21. The van der Waals surface area contributed by atoms with E-state index in [-0.39, 0.29) is 11.9 Å². The molecule has 3 aromatic rings. The Kier molecular flexibility index (Phi) is 7.39. The Balaban J connectivity index is 1.36. The molecular weight excluding hydrogens is 418 g/mol. The van der Waals surface area contributed by atoms with Gasteiger partial charge < -0.3 is 24.8 Å². The number of benzene rings is 1. The van der Waals surface area contributed by atoms with Gasteiger partial charge in [-0.3, -0.25) is 4.79 Å². The lowest BCUT2D eigenvalue weighted by atomic mass is 10.1. The van der Waals surface area contributed by atoms with Gasteiger partial charge >= 0.3 is 0 Å². The van der Waals surface area contributed by atoms with Crippen molar-refractivity contribution >= 4 is 28.7 Å². The van der Waals surface area contributed by atoms with Crippen LogP contribution in [0.25, 0.3) is 11.2 Å². The van der Waals surface area contributed by atoms with Gasteiger partial charge in [-0.2, -0.15) is 4.98 Å². The molecule has 1 amide bonds. The lowest BCUT2D eigenvalue weighted by Crippen LogP contribution is -2.26. The zero-order valence-corrected chi connectivity index (χ0v) is 19.7. The molecule has 0 saturated carbocycles. The molecule has 1 aromatic carbocycles. The van der Waals surface area contributed by atoms with Gasteiger partial charge in [0.1, 0.15) is 11.3 Å². The second kappa shape index (κ2) is 10.6. The standard InChI is InChI=1S/C24H33N7O2/c1-17(2)31-16-27-20-15-26-24(29-22(20)31)28-19-9-8-18(14-21(19)33-3)23(32)25-10-4-5-11-30-12-6-7-13-30/h8-9,14-17H,4-7,10-13H2,1-3H3,(H,25,32)(H,26,28,29). The Hall–Kier alpha value is -3.20. The number of amides is 1. The first-order valence-electron chi connectivity index (χ1n) is 11.7. The molecule has 0 radical (unpaired) electrons. The fourth-order valence-corrected chi connectivity index (χ4v) is 4.09. The fourth-order valence-electron chi connectivity index (χ4n) is 4.09. The number of likely N-dealkylation sites (tertiary alicyclic amines) is 1. The first-order valence-corrected chi connectivity index (χ1v) is 11.7. The molecule has 2 N–H and O–H groups in total. The number of imidazole rings is 1. The van der Waals surface area contributed by atoms with Gasteiger partial charge in [0.15, 0.2) is 5.65 Å². The number of aromatic nitrogens is 4. The van der Waals surface area contributed by atoms with Crippen LogP contribution < -0.4 is 15.4 Å². The van der Waals surface area contributed by atoms with Crippen LogP contribution in [0.15, 0.2) is 30.7 Å². The quantitative estimate of drug-likeness (QED) is 0.453. The van der Waals surface area contributed by atoms with Crippen molar-refractivity contribution in [2.45, 2.75) is 45.6 Å². The average molecular weight is 452 g/mol. The summed E-state index contributed by atoms with van der Waals surface area (Å²) in [5.74, 6) is 0.899. The molecule has 1 saturated heterocycles. The van der Waals surface area contributed by atoms with E-state index in [1.807, 2.05) is 10.6 Å². The number of hydrogen-bond acceptors (Lipinski definition) is 7. The highest BCUT2D eigenvalue weighted by atomic mass is 16.5. The van der Waals surface area contributed by atoms with Gasteiger partial charge in [0.25, 0.3) is 5.91 Å². The molecule has 0 atom stereocenters. The van der Waals surface area contributed by atoms with Gasteiger partial charge in [-0.15, -0.1) is 0 Å². The molecule has 9 heteroatoms. The van der Waals surface area contributed by atoms with Crippen LogP contribution in [0.1, 0.15) is 55.9 Å². The van der Waals surface area contributed by atoms with Crippen molar-refractivity contribution in [2.75, 3.05) is 38.6 Å². The second-order valence-corrected chi connectivity index (χ2v) is 8.70. The van der Waals surface area contributed by atoms with Crippen molar-refractivity contribution in [1.82, 2.24) is 29.7 Å². The molecule has 0 aliphatic carbocycles. The molecule has 3 heterocycles. The number of carbonyl (C=O) groups excluding carboxylic acids is 1. The average Bonchev–Trinajstić information content (AvgIpc) is 3.48. The molecular formula is C24H33N7O2. The van der Waals surface area contributed by atoms with Gasteiger partial charge in [0.05, 0.1) is 25.3 Å². The second-order valence-electron chi connectivity index (χ2n) is 8.70. The van der Waals surface area contributed by atoms with Crippen LogP contribution in [-0.2, 0) is 0 Å². The third-order valence-corrected chi connectivity index (χ3v) is 5.97. The van der Waals surface area contributed by atoms with Gasteiger partial charge in [-0.25, -0.2) is 9.97 Å². The third kappa shape index (κ3) is 5.60. The van der Waals surface area contributed by atoms with E-state index < -0.39 is 0 Å². The van der Waals surface area contributed by atoms with Crippen LogP contribution in [0.5, 0.6) is 5.75 Å². The van der Waals surface area contributed by atoms with E-state index in [4.69, 9.17) is 4.74 Å². The zero-order valence-electron chi connectivity index (χ0n) is 19.7. The van der Waals surface area contributed by atoms with E-state index in [9.17, 15) is 4.79 Å². The summed E-state index contributed by atoms with van der Waals surface area (Å²) < 4.78 is 7.52. The maximum atomic E-state index is 12.6. The molecule has 0 spiro atoms. The van der Waals surface area contributed by atoms with Crippen LogP contribution in [0.3, 0.4) is 0 Å². The van der Waals surface area contributed by atoms with Gasteiger partial charge in [-0.1, -0.05) is 0 Å². The number of nitrogens with zero attached hydrogens (tertiary/aromatic N) is 5. The smallest absolute Gasteiger partial charge is 0.251 e. The minimum atomic E-state index is -0.0977. The van der Waals surface area contributed by atoms with Crippen LogP contribution >= 0.6 is 0 Å². The predicted molar refractivity (Wildman–Crippen MR) is 129 cm³/mol. The molecule has 0 bridgehead atoms. The van der Waals surface area contributed by atoms with E-state index in [0.29, 0.717) is 29.5 Å². The summed E-state index contributed by atoms with van der Waals surface area (Å²) in [4.78, 5) is 28.4. The van der Waals surface area contributed by atoms with Crippen molar-refractivity contribution in [3.63, 3.8) is 0 Å². The Morgan fingerprint density at radius 2 is 2.00 bits per heavy atom. The summed E-state index contributed by atoms with van der Waals surface area (Å²) in [5.41, 5.74) is 2.76. The molecule has 1 aliphatic heterocycles. The molecule has 1 aliphatic rings. The Bertz CT molecular complexity index is 1090. The van der Waals surface area contributed by atoms with Crippen molar-refractivity contribution < 1.29 is 9.53 Å². The van der Waals surface area contributed by atoms with Crippen molar-refractivity contribution in [3.05, 3.63) is 36.3 Å². The van der Waals surface area contributed by atoms with Crippen LogP contribution in [-0.4, -0.2) is 63.6 Å². The monoisotopic (exact) mass is 451 g/mol. The number of fused-ring (bicyclic) bond motifs is 1. The normalized spacial score (nSPS) is 14.2. The molecule has 0 unspecified atom stereocenters. The minimum Gasteiger partial charge on any atom is -0.495 e. The maximum absolute atomic E-state index is 12.6. The highest BCUT2D eigenvalue weighted by Gasteiger charge is 2.14. The molecule has 176 valence electrons.